The van der Waals surface area contributed by atoms with Crippen LogP contribution in [0.2, 0.25) is 0 Å². The molecule has 0 fully saturated rings. The van der Waals surface area contributed by atoms with Crippen molar-refractivity contribution in [3.05, 3.63) is 18.2 Å². The molecule has 1 aliphatic rings. The van der Waals surface area contributed by atoms with E-state index in [9.17, 15) is 13.2 Å². The van der Waals surface area contributed by atoms with Crippen LogP contribution in [0.1, 0.15) is 0 Å². The summed E-state index contributed by atoms with van der Waals surface area (Å²) in [6, 6.07) is 3.56. The second-order valence-corrected chi connectivity index (χ2v) is 4.57. The fourth-order valence-electron chi connectivity index (χ4n) is 1.29. The number of fused-ring (bicyclic) bond motifs is 1. The van der Waals surface area contributed by atoms with Gasteiger partial charge in [-0.1, -0.05) is 0 Å². The predicted molar refractivity (Wildman–Crippen MR) is 52.3 cm³/mol. The Labute approximate surface area is 86.3 Å². The van der Waals surface area contributed by atoms with Crippen molar-refractivity contribution in [3.63, 3.8) is 0 Å². The third-order valence-electron chi connectivity index (χ3n) is 1.95. The zero-order valence-corrected chi connectivity index (χ0v) is 8.59. The van der Waals surface area contributed by atoms with Crippen molar-refractivity contribution in [2.45, 2.75) is 4.90 Å². The summed E-state index contributed by atoms with van der Waals surface area (Å²) in [5.74, 6) is 0.478. The number of methoxy groups -OCH3 is 1. The Balaban J connectivity index is 2.62. The normalized spacial score (nSPS) is 17.3. The SMILES string of the molecule is COc1ccc2c(c1)NC(=O)NS2(=O)=O. The van der Waals surface area contributed by atoms with Crippen molar-refractivity contribution in [2.24, 2.45) is 0 Å². The lowest BCUT2D eigenvalue weighted by molar-refractivity contribution is 0.256. The molecule has 7 heteroatoms. The number of anilines is 1. The first-order valence-electron chi connectivity index (χ1n) is 4.05. The Morgan fingerprint density at radius 1 is 1.33 bits per heavy atom. The second kappa shape index (κ2) is 3.13. The molecule has 80 valence electrons. The van der Waals surface area contributed by atoms with Crippen LogP contribution in [0.15, 0.2) is 23.1 Å². The fourth-order valence-corrected chi connectivity index (χ4v) is 2.34. The van der Waals surface area contributed by atoms with Gasteiger partial charge in [0.25, 0.3) is 10.0 Å². The van der Waals surface area contributed by atoms with E-state index in [1.807, 2.05) is 4.72 Å². The first-order valence-corrected chi connectivity index (χ1v) is 5.53. The van der Waals surface area contributed by atoms with Crippen molar-refractivity contribution in [1.29, 1.82) is 0 Å². The van der Waals surface area contributed by atoms with Crippen molar-refractivity contribution in [1.82, 2.24) is 4.72 Å². The highest BCUT2D eigenvalue weighted by molar-refractivity contribution is 7.90. The second-order valence-electron chi connectivity index (χ2n) is 2.92. The summed E-state index contributed by atoms with van der Waals surface area (Å²) in [6.45, 7) is 0. The molecule has 15 heavy (non-hydrogen) atoms. The lowest BCUT2D eigenvalue weighted by Crippen LogP contribution is -2.39. The van der Waals surface area contributed by atoms with Crippen LogP contribution >= 0.6 is 0 Å². The van der Waals surface area contributed by atoms with Gasteiger partial charge >= 0.3 is 6.03 Å². The summed E-state index contributed by atoms with van der Waals surface area (Å²) in [4.78, 5) is 11.0. The molecule has 0 bridgehead atoms. The van der Waals surface area contributed by atoms with Crippen molar-refractivity contribution >= 4 is 21.7 Å². The number of amides is 2. The van der Waals surface area contributed by atoms with E-state index in [0.29, 0.717) is 5.75 Å². The van der Waals surface area contributed by atoms with Crippen molar-refractivity contribution in [2.75, 3.05) is 12.4 Å². The summed E-state index contributed by atoms with van der Waals surface area (Å²) in [5, 5.41) is 2.38. The topological polar surface area (TPSA) is 84.5 Å². The number of ether oxygens (including phenoxy) is 1. The monoisotopic (exact) mass is 228 g/mol. The number of hydrogen-bond acceptors (Lipinski definition) is 4. The molecule has 0 aliphatic carbocycles. The Morgan fingerprint density at radius 3 is 2.73 bits per heavy atom. The van der Waals surface area contributed by atoms with Crippen molar-refractivity contribution < 1.29 is 17.9 Å². The maximum Gasteiger partial charge on any atom is 0.333 e. The van der Waals surface area contributed by atoms with E-state index in [1.165, 1.54) is 25.3 Å². The van der Waals surface area contributed by atoms with Gasteiger partial charge in [-0.2, -0.15) is 0 Å². The highest BCUT2D eigenvalue weighted by atomic mass is 32.2. The van der Waals surface area contributed by atoms with Crippen LogP contribution in [0, 0.1) is 0 Å². The van der Waals surface area contributed by atoms with Crippen LogP contribution in [-0.2, 0) is 10.0 Å². The van der Waals surface area contributed by atoms with Gasteiger partial charge in [-0.15, -0.1) is 0 Å². The molecule has 1 aromatic rings. The average Bonchev–Trinajstić information content (AvgIpc) is 2.15. The van der Waals surface area contributed by atoms with Gasteiger partial charge in [-0.05, 0) is 12.1 Å². The lowest BCUT2D eigenvalue weighted by Gasteiger charge is -2.18. The highest BCUT2D eigenvalue weighted by Crippen LogP contribution is 2.28. The molecule has 0 saturated heterocycles. The minimum Gasteiger partial charge on any atom is -0.497 e. The van der Waals surface area contributed by atoms with Crippen molar-refractivity contribution in [3.8, 4) is 5.75 Å². The van der Waals surface area contributed by atoms with Gasteiger partial charge in [0, 0.05) is 6.07 Å². The van der Waals surface area contributed by atoms with E-state index < -0.39 is 16.1 Å². The first-order chi connectivity index (χ1) is 7.03. The number of benzene rings is 1. The third kappa shape index (κ3) is 1.61. The molecule has 0 unspecified atom stereocenters. The van der Waals surface area contributed by atoms with E-state index in [2.05, 4.69) is 5.32 Å². The number of carbonyl (C=O) groups excluding carboxylic acids is 1. The minimum absolute atomic E-state index is 0.0305. The maximum atomic E-state index is 11.5. The molecule has 0 spiro atoms. The van der Waals surface area contributed by atoms with Crippen LogP contribution in [-0.4, -0.2) is 21.6 Å². The van der Waals surface area contributed by atoms with Gasteiger partial charge in [0.15, 0.2) is 0 Å². The Morgan fingerprint density at radius 2 is 2.07 bits per heavy atom. The van der Waals surface area contributed by atoms with Gasteiger partial charge in [-0.3, -0.25) is 0 Å². The fraction of sp³-hybridized carbons (Fsp3) is 0.125. The van der Waals surface area contributed by atoms with Gasteiger partial charge in [0.1, 0.15) is 10.6 Å². The summed E-state index contributed by atoms with van der Waals surface area (Å²) in [5.41, 5.74) is 0.220. The summed E-state index contributed by atoms with van der Waals surface area (Å²) in [6.07, 6.45) is 0. The number of nitrogens with one attached hydrogen (secondary N) is 2. The quantitative estimate of drug-likeness (QED) is 0.733. The molecule has 0 aromatic heterocycles. The number of carbonyl (C=O) groups is 1. The highest BCUT2D eigenvalue weighted by Gasteiger charge is 2.27. The minimum atomic E-state index is -3.73. The molecule has 2 amide bonds. The summed E-state index contributed by atoms with van der Waals surface area (Å²) < 4.78 is 29.7. The number of urea groups is 1. The van der Waals surface area contributed by atoms with Crippen LogP contribution < -0.4 is 14.8 Å². The zero-order valence-electron chi connectivity index (χ0n) is 7.77. The van der Waals surface area contributed by atoms with E-state index in [1.54, 1.807) is 0 Å². The molecule has 0 saturated carbocycles. The zero-order chi connectivity index (χ0) is 11.1. The van der Waals surface area contributed by atoms with Gasteiger partial charge in [-0.25, -0.2) is 17.9 Å². The molecule has 1 aliphatic heterocycles. The molecule has 2 N–H and O–H groups in total. The van der Waals surface area contributed by atoms with E-state index in [4.69, 9.17) is 4.74 Å². The molecule has 0 atom stereocenters. The predicted octanol–water partition coefficient (Wildman–Crippen LogP) is 0.519. The maximum absolute atomic E-state index is 11.5. The molecule has 0 radical (unpaired) electrons. The Hall–Kier alpha value is -1.76. The lowest BCUT2D eigenvalue weighted by atomic mass is 10.3. The molecule has 2 rings (SSSR count). The largest absolute Gasteiger partial charge is 0.497 e. The third-order valence-corrected chi connectivity index (χ3v) is 3.34. The smallest absolute Gasteiger partial charge is 0.333 e. The Kier molecular flexibility index (Phi) is 2.04. The standard InChI is InChI=1S/C8H8N2O4S/c1-14-5-2-3-7-6(4-5)9-8(11)10-15(7,12)13/h2-4H,1H3,(H2,9,10,11). The Bertz CT molecular complexity index is 523. The van der Waals surface area contributed by atoms with Gasteiger partial charge < -0.3 is 10.1 Å². The molecular formula is C8H8N2O4S. The number of sulfonamides is 1. The van der Waals surface area contributed by atoms with Crippen LogP contribution in [0.4, 0.5) is 10.5 Å². The van der Waals surface area contributed by atoms with E-state index in [-0.39, 0.29) is 10.6 Å². The first kappa shape index (κ1) is 9.78. The molecule has 1 heterocycles. The van der Waals surface area contributed by atoms with E-state index in [0.717, 1.165) is 0 Å². The van der Waals surface area contributed by atoms with E-state index >= 15 is 0 Å². The summed E-state index contributed by atoms with van der Waals surface area (Å²) in [7, 11) is -2.28. The molecule has 1 aromatic carbocycles. The average molecular weight is 228 g/mol. The molecule has 6 nitrogen and oxygen atoms in total. The van der Waals surface area contributed by atoms with Gasteiger partial charge in [0.2, 0.25) is 0 Å². The van der Waals surface area contributed by atoms with Gasteiger partial charge in [0.05, 0.1) is 12.8 Å². The van der Waals surface area contributed by atoms with Crippen LogP contribution in [0.5, 0.6) is 5.75 Å². The number of hydrogen-bond donors (Lipinski definition) is 2. The van der Waals surface area contributed by atoms with Crippen LogP contribution in [0.3, 0.4) is 0 Å². The number of rotatable bonds is 1. The summed E-state index contributed by atoms with van der Waals surface area (Å²) >= 11 is 0. The molecular weight excluding hydrogens is 220 g/mol. The van der Waals surface area contributed by atoms with Crippen LogP contribution in [0.25, 0.3) is 0 Å².